The first-order valence-electron chi connectivity index (χ1n) is 15.2. The average Bonchev–Trinajstić information content (AvgIpc) is 3.26. The molecule has 2 atom stereocenters. The summed E-state index contributed by atoms with van der Waals surface area (Å²) in [6.07, 6.45) is 16.6. The molecular formula is C39H37NS. The second-order valence-electron chi connectivity index (χ2n) is 11.9. The van der Waals surface area contributed by atoms with Crippen LogP contribution in [0.25, 0.3) is 17.1 Å². The molecule has 3 aliphatic rings. The molecule has 0 fully saturated rings. The van der Waals surface area contributed by atoms with E-state index in [1.807, 2.05) is 18.0 Å². The van der Waals surface area contributed by atoms with Gasteiger partial charge in [0.1, 0.15) is 0 Å². The van der Waals surface area contributed by atoms with Gasteiger partial charge in [-0.2, -0.15) is 0 Å². The van der Waals surface area contributed by atoms with Crippen LogP contribution in [-0.4, -0.2) is 6.21 Å². The van der Waals surface area contributed by atoms with E-state index in [1.54, 1.807) is 5.56 Å². The van der Waals surface area contributed by atoms with Crippen LogP contribution in [0.3, 0.4) is 0 Å². The third kappa shape index (κ3) is 4.73. The third-order valence-corrected chi connectivity index (χ3v) is 10.7. The van der Waals surface area contributed by atoms with Gasteiger partial charge in [0.2, 0.25) is 0 Å². The predicted octanol–water partition coefficient (Wildman–Crippen LogP) is 8.74. The molecule has 0 aromatic heterocycles. The van der Waals surface area contributed by atoms with Crippen molar-refractivity contribution in [1.29, 1.82) is 0 Å². The minimum absolute atomic E-state index is 0.183. The summed E-state index contributed by atoms with van der Waals surface area (Å²) in [6.45, 7) is 4.74. The summed E-state index contributed by atoms with van der Waals surface area (Å²) in [4.78, 5) is 7.20. The van der Waals surface area contributed by atoms with E-state index in [0.29, 0.717) is 5.41 Å². The zero-order valence-corrected chi connectivity index (χ0v) is 24.9. The normalized spacial score (nSPS) is 20.3. The Morgan fingerprint density at radius 2 is 1.68 bits per heavy atom. The lowest BCUT2D eigenvalue weighted by atomic mass is 9.67. The molecule has 1 nitrogen and oxygen atoms in total. The number of aliphatic imine (C=N–C) groups is 1. The van der Waals surface area contributed by atoms with Crippen molar-refractivity contribution in [2.24, 2.45) is 10.4 Å². The number of thioether (sulfide) groups is 1. The van der Waals surface area contributed by atoms with Crippen LogP contribution in [0.4, 0.5) is 0 Å². The van der Waals surface area contributed by atoms with Crippen molar-refractivity contribution >= 4 is 35.0 Å². The zero-order valence-electron chi connectivity index (χ0n) is 24.1. The van der Waals surface area contributed by atoms with E-state index < -0.39 is 0 Å². The summed E-state index contributed by atoms with van der Waals surface area (Å²) < 4.78 is 0. The fraction of sp³-hybridized carbons (Fsp3) is 0.256. The summed E-state index contributed by atoms with van der Waals surface area (Å²) in [5, 5.41) is 5.55. The van der Waals surface area contributed by atoms with Gasteiger partial charge in [-0.3, -0.25) is 4.99 Å². The SMILES string of the molecule is CCCCC1(CC)CC=c2ccc3c(c2C1)C(c1ccccc1C1=CN=Cc2ccccc2S1)C=c1ccccc1=3. The summed E-state index contributed by atoms with van der Waals surface area (Å²) in [5.41, 5.74) is 7.27. The van der Waals surface area contributed by atoms with Crippen LogP contribution in [-0.2, 0) is 6.42 Å². The minimum Gasteiger partial charge on any atom is -0.263 e. The molecule has 0 saturated carbocycles. The van der Waals surface area contributed by atoms with Gasteiger partial charge >= 0.3 is 0 Å². The van der Waals surface area contributed by atoms with Gasteiger partial charge in [0, 0.05) is 33.7 Å². The Bertz CT molecular complexity index is 1910. The molecular weight excluding hydrogens is 515 g/mol. The number of unbranched alkanes of at least 4 members (excludes halogenated alkanes) is 1. The van der Waals surface area contributed by atoms with Crippen molar-refractivity contribution < 1.29 is 0 Å². The number of rotatable bonds is 6. The molecule has 0 radical (unpaired) electrons. The van der Waals surface area contributed by atoms with Crippen molar-refractivity contribution in [3.8, 4) is 0 Å². The van der Waals surface area contributed by atoms with Gasteiger partial charge < -0.3 is 0 Å². The maximum Gasteiger partial charge on any atom is 0.0413 e. The fourth-order valence-electron chi connectivity index (χ4n) is 7.15. The molecule has 204 valence electrons. The van der Waals surface area contributed by atoms with E-state index in [1.165, 1.54) is 91.5 Å². The molecule has 2 heteroatoms. The molecule has 2 unspecified atom stereocenters. The van der Waals surface area contributed by atoms with E-state index in [-0.39, 0.29) is 5.92 Å². The van der Waals surface area contributed by atoms with Gasteiger partial charge in [-0.15, -0.1) is 0 Å². The van der Waals surface area contributed by atoms with Gasteiger partial charge in [0.25, 0.3) is 0 Å². The van der Waals surface area contributed by atoms with E-state index in [2.05, 4.69) is 117 Å². The zero-order chi connectivity index (χ0) is 27.8. The van der Waals surface area contributed by atoms with E-state index in [9.17, 15) is 0 Å². The summed E-state index contributed by atoms with van der Waals surface area (Å²) >= 11 is 1.83. The highest BCUT2D eigenvalue weighted by atomic mass is 32.2. The summed E-state index contributed by atoms with van der Waals surface area (Å²) in [7, 11) is 0. The Hall–Kier alpha value is -3.62. The summed E-state index contributed by atoms with van der Waals surface area (Å²) in [5.74, 6) is 0.183. The molecule has 0 N–H and O–H groups in total. The number of nitrogens with zero attached hydrogens (tertiary/aromatic N) is 1. The number of hydrogen-bond acceptors (Lipinski definition) is 2. The molecule has 1 aliphatic heterocycles. The molecule has 41 heavy (non-hydrogen) atoms. The molecule has 4 aromatic rings. The van der Waals surface area contributed by atoms with E-state index in [0.717, 1.165) is 0 Å². The van der Waals surface area contributed by atoms with Gasteiger partial charge in [0.05, 0.1) is 0 Å². The first-order valence-corrected chi connectivity index (χ1v) is 16.0. The predicted molar refractivity (Wildman–Crippen MR) is 175 cm³/mol. The maximum absolute atomic E-state index is 4.74. The van der Waals surface area contributed by atoms with Crippen LogP contribution >= 0.6 is 11.8 Å². The van der Waals surface area contributed by atoms with Crippen LogP contribution < -0.4 is 10.4 Å². The van der Waals surface area contributed by atoms with Crippen molar-refractivity contribution in [1.82, 2.24) is 0 Å². The van der Waals surface area contributed by atoms with Crippen LogP contribution in [0.2, 0.25) is 0 Å². The van der Waals surface area contributed by atoms with Crippen LogP contribution in [0, 0.1) is 15.9 Å². The minimum atomic E-state index is 0.183. The number of fused-ring (bicyclic) bond motifs is 5. The second-order valence-corrected chi connectivity index (χ2v) is 13.0. The van der Waals surface area contributed by atoms with Crippen molar-refractivity contribution in [3.63, 3.8) is 0 Å². The summed E-state index contributed by atoms with van der Waals surface area (Å²) in [6, 6.07) is 31.4. The monoisotopic (exact) mass is 551 g/mol. The first kappa shape index (κ1) is 26.3. The molecule has 1 heterocycles. The maximum atomic E-state index is 4.74. The highest BCUT2D eigenvalue weighted by molar-refractivity contribution is 8.08. The van der Waals surface area contributed by atoms with Crippen molar-refractivity contribution in [2.45, 2.75) is 63.2 Å². The fourth-order valence-corrected chi connectivity index (χ4v) is 8.18. The van der Waals surface area contributed by atoms with Gasteiger partial charge in [-0.25, -0.2) is 0 Å². The lowest BCUT2D eigenvalue weighted by Crippen LogP contribution is -2.33. The van der Waals surface area contributed by atoms with Crippen LogP contribution in [0.15, 0.2) is 101 Å². The number of hydrogen-bond donors (Lipinski definition) is 0. The smallest absolute Gasteiger partial charge is 0.0413 e. The Kier molecular flexibility index (Phi) is 7.04. The lowest BCUT2D eigenvalue weighted by molar-refractivity contribution is 0.244. The van der Waals surface area contributed by atoms with Crippen molar-refractivity contribution in [3.05, 3.63) is 140 Å². The van der Waals surface area contributed by atoms with Crippen LogP contribution in [0.1, 0.15) is 79.7 Å². The molecule has 0 amide bonds. The van der Waals surface area contributed by atoms with E-state index >= 15 is 0 Å². The Morgan fingerprint density at radius 1 is 0.854 bits per heavy atom. The average molecular weight is 552 g/mol. The highest BCUT2D eigenvalue weighted by Gasteiger charge is 2.33. The topological polar surface area (TPSA) is 12.4 Å². The molecule has 2 aliphatic carbocycles. The molecule has 0 spiro atoms. The van der Waals surface area contributed by atoms with Crippen molar-refractivity contribution in [2.75, 3.05) is 0 Å². The van der Waals surface area contributed by atoms with Gasteiger partial charge in [-0.1, -0.05) is 129 Å². The Balaban J connectivity index is 1.44. The molecule has 0 saturated heterocycles. The quantitative estimate of drug-likeness (QED) is 0.233. The second kappa shape index (κ2) is 11.0. The van der Waals surface area contributed by atoms with E-state index in [4.69, 9.17) is 4.99 Å². The van der Waals surface area contributed by atoms with Gasteiger partial charge in [0.15, 0.2) is 0 Å². The first-order chi connectivity index (χ1) is 20.2. The molecule has 4 aromatic carbocycles. The standard InChI is InChI=1S/C39H37NS/c1-3-5-21-39(4-2)22-20-27-18-19-33-30-14-8-6-12-28(30)23-34(38(33)35(27)24-39)31-15-9-10-16-32(31)37-26-40-25-29-13-7-11-17-36(29)41-37/h6-20,23,25-26,34H,3-5,21-22,24H2,1-2H3. The highest BCUT2D eigenvalue weighted by Crippen LogP contribution is 2.45. The van der Waals surface area contributed by atoms with Crippen LogP contribution in [0.5, 0.6) is 0 Å². The van der Waals surface area contributed by atoms with Gasteiger partial charge in [-0.05, 0) is 80.3 Å². The number of benzene rings is 4. The Labute approximate surface area is 247 Å². The Morgan fingerprint density at radius 3 is 2.59 bits per heavy atom. The third-order valence-electron chi connectivity index (χ3n) is 9.52. The largest absolute Gasteiger partial charge is 0.263 e. The lowest BCUT2D eigenvalue weighted by Gasteiger charge is -2.37. The molecule has 7 rings (SSSR count). The molecule has 0 bridgehead atoms.